The van der Waals surface area contributed by atoms with Crippen LogP contribution in [-0.4, -0.2) is 58.9 Å². The minimum absolute atomic E-state index is 0.0499. The maximum absolute atomic E-state index is 13.8. The van der Waals surface area contributed by atoms with E-state index in [0.29, 0.717) is 11.1 Å². The number of rotatable bonds is 3. The van der Waals surface area contributed by atoms with E-state index in [1.165, 1.54) is 0 Å². The first-order valence-electron chi connectivity index (χ1n) is 11.9. The quantitative estimate of drug-likeness (QED) is 0.424. The number of nitrogens with zero attached hydrogens (tertiary/aromatic N) is 1. The summed E-state index contributed by atoms with van der Waals surface area (Å²) in [5.74, 6) is -9.90. The van der Waals surface area contributed by atoms with E-state index < -0.39 is 58.3 Å². The van der Waals surface area contributed by atoms with Crippen LogP contribution in [0.15, 0.2) is 18.2 Å². The number of aromatic hydroxyl groups is 1. The van der Waals surface area contributed by atoms with Gasteiger partial charge in [0.1, 0.15) is 5.75 Å². The van der Waals surface area contributed by atoms with Gasteiger partial charge in [-0.1, -0.05) is 12.2 Å². The summed E-state index contributed by atoms with van der Waals surface area (Å²) in [5, 5.41) is 22.5. The Morgan fingerprint density at radius 3 is 2.46 bits per heavy atom. The largest absolute Gasteiger partial charge is 0.507 e. The molecule has 2 saturated carbocycles. The van der Waals surface area contributed by atoms with E-state index in [0.717, 1.165) is 18.5 Å². The highest BCUT2D eigenvalue weighted by atomic mass is 16.3. The van der Waals surface area contributed by atoms with Gasteiger partial charge in [-0.2, -0.15) is 0 Å². The number of nitrogens with two attached hydrogens (primary N) is 1. The number of aliphatic hydroxyl groups is 1. The van der Waals surface area contributed by atoms with Crippen molar-refractivity contribution in [3.63, 3.8) is 0 Å². The SMILES string of the molecule is CN(C)c1cc(C2C=CCC2)c(O)c2c1C[C@H]1C[C@H]3CC(=O)C(C(N)=O)C(=O)[C@@]3(O)C(=O)C1C2=O. The minimum Gasteiger partial charge on any atom is -0.507 e. The van der Waals surface area contributed by atoms with Crippen LogP contribution in [0.5, 0.6) is 5.75 Å². The molecule has 9 heteroatoms. The first-order valence-corrected chi connectivity index (χ1v) is 11.9. The summed E-state index contributed by atoms with van der Waals surface area (Å²) >= 11 is 0. The van der Waals surface area contributed by atoms with Gasteiger partial charge in [0.25, 0.3) is 0 Å². The third-order valence-electron chi connectivity index (χ3n) is 8.30. The van der Waals surface area contributed by atoms with E-state index in [1.54, 1.807) is 0 Å². The van der Waals surface area contributed by atoms with Gasteiger partial charge in [0, 0.05) is 43.6 Å². The van der Waals surface area contributed by atoms with Crippen molar-refractivity contribution in [1.82, 2.24) is 0 Å². The zero-order valence-electron chi connectivity index (χ0n) is 19.6. The van der Waals surface area contributed by atoms with Gasteiger partial charge in [-0.3, -0.25) is 24.0 Å². The second-order valence-electron chi connectivity index (χ2n) is 10.4. The molecule has 4 N–H and O–H groups in total. The van der Waals surface area contributed by atoms with Gasteiger partial charge in [-0.15, -0.1) is 0 Å². The Hall–Kier alpha value is -3.33. The summed E-state index contributed by atoms with van der Waals surface area (Å²) in [4.78, 5) is 66.6. The fraction of sp³-hybridized carbons (Fsp3) is 0.500. The lowest BCUT2D eigenvalue weighted by atomic mass is 9.53. The van der Waals surface area contributed by atoms with Crippen molar-refractivity contribution in [2.45, 2.75) is 43.6 Å². The number of carbonyl (C=O) groups excluding carboxylic acids is 5. The third-order valence-corrected chi connectivity index (χ3v) is 8.30. The Morgan fingerprint density at radius 2 is 1.86 bits per heavy atom. The average Bonchev–Trinajstić information content (AvgIpc) is 3.30. The van der Waals surface area contributed by atoms with Gasteiger partial charge in [0.05, 0.1) is 11.5 Å². The van der Waals surface area contributed by atoms with E-state index in [9.17, 15) is 34.2 Å². The highest BCUT2D eigenvalue weighted by Gasteiger charge is 2.66. The lowest BCUT2D eigenvalue weighted by Crippen LogP contribution is -2.68. The molecule has 0 radical (unpaired) electrons. The smallest absolute Gasteiger partial charge is 0.235 e. The summed E-state index contributed by atoms with van der Waals surface area (Å²) in [7, 11) is 3.68. The van der Waals surface area contributed by atoms with Crippen LogP contribution in [0, 0.1) is 23.7 Å². The summed E-state index contributed by atoms with van der Waals surface area (Å²) in [6, 6.07) is 1.88. The molecule has 0 heterocycles. The number of carbonyl (C=O) groups is 5. The molecule has 5 rings (SSSR count). The molecule has 1 aromatic carbocycles. The second-order valence-corrected chi connectivity index (χ2v) is 10.4. The van der Waals surface area contributed by atoms with Gasteiger partial charge in [-0.25, -0.2) is 0 Å². The van der Waals surface area contributed by atoms with Gasteiger partial charge in [-0.05, 0) is 43.2 Å². The van der Waals surface area contributed by atoms with E-state index >= 15 is 0 Å². The van der Waals surface area contributed by atoms with Crippen molar-refractivity contribution in [2.75, 3.05) is 19.0 Å². The lowest BCUT2D eigenvalue weighted by molar-refractivity contribution is -0.175. The number of anilines is 1. The van der Waals surface area contributed by atoms with Gasteiger partial charge >= 0.3 is 0 Å². The van der Waals surface area contributed by atoms with Crippen molar-refractivity contribution < 1.29 is 34.2 Å². The summed E-state index contributed by atoms with van der Waals surface area (Å²) in [6.07, 6.45) is 5.66. The van der Waals surface area contributed by atoms with Crippen LogP contribution in [0.25, 0.3) is 0 Å². The Morgan fingerprint density at radius 1 is 1.14 bits per heavy atom. The second kappa shape index (κ2) is 7.84. The zero-order chi connectivity index (χ0) is 25.4. The molecular weight excluding hydrogens is 452 g/mol. The van der Waals surface area contributed by atoms with Gasteiger partial charge < -0.3 is 20.8 Å². The molecule has 4 aliphatic carbocycles. The number of amides is 1. The van der Waals surface area contributed by atoms with E-state index in [4.69, 9.17) is 5.73 Å². The molecular formula is C26H28N2O7. The predicted octanol–water partition coefficient (Wildman–Crippen LogP) is 0.826. The number of phenolic OH excluding ortho intramolecular Hbond substituents is 1. The Kier molecular flexibility index (Phi) is 5.25. The highest BCUT2D eigenvalue weighted by molar-refractivity contribution is 6.31. The molecule has 0 aromatic heterocycles. The monoisotopic (exact) mass is 480 g/mol. The number of phenols is 1. The Bertz CT molecular complexity index is 1230. The van der Waals surface area contributed by atoms with Crippen LogP contribution >= 0.6 is 0 Å². The van der Waals surface area contributed by atoms with Crippen LogP contribution in [0.2, 0.25) is 0 Å². The Labute approximate surface area is 202 Å². The van der Waals surface area contributed by atoms with Crippen molar-refractivity contribution in [2.24, 2.45) is 29.4 Å². The molecule has 2 fully saturated rings. The van der Waals surface area contributed by atoms with Crippen molar-refractivity contribution in [3.05, 3.63) is 34.9 Å². The number of hydrogen-bond donors (Lipinski definition) is 3. The summed E-state index contributed by atoms with van der Waals surface area (Å²) in [6.45, 7) is 0. The molecule has 9 nitrogen and oxygen atoms in total. The fourth-order valence-corrected chi connectivity index (χ4v) is 6.61. The molecule has 0 aliphatic heterocycles. The average molecular weight is 481 g/mol. The normalized spacial score (nSPS) is 33.9. The fourth-order valence-electron chi connectivity index (χ4n) is 6.61. The minimum atomic E-state index is -2.63. The molecule has 1 aromatic rings. The maximum Gasteiger partial charge on any atom is 0.235 e. The molecule has 35 heavy (non-hydrogen) atoms. The van der Waals surface area contributed by atoms with Crippen LogP contribution in [0.4, 0.5) is 5.69 Å². The number of fused-ring (bicyclic) bond motifs is 3. The Balaban J connectivity index is 1.63. The van der Waals surface area contributed by atoms with Gasteiger partial charge in [0.15, 0.2) is 34.7 Å². The summed E-state index contributed by atoms with van der Waals surface area (Å²) in [5.41, 5.74) is 4.62. The number of Topliss-reactive ketones (excluding diaryl/α,β-unsaturated/α-hetero) is 4. The molecule has 0 spiro atoms. The van der Waals surface area contributed by atoms with E-state index in [-0.39, 0.29) is 36.5 Å². The number of allylic oxidation sites excluding steroid dienone is 2. The molecule has 1 amide bonds. The topological polar surface area (TPSA) is 155 Å². The van der Waals surface area contributed by atoms with Crippen molar-refractivity contribution >= 4 is 34.7 Å². The molecule has 3 unspecified atom stereocenters. The molecule has 4 aliphatic rings. The first-order chi connectivity index (χ1) is 16.5. The zero-order valence-corrected chi connectivity index (χ0v) is 19.6. The third kappa shape index (κ3) is 3.14. The maximum atomic E-state index is 13.8. The molecule has 6 atom stereocenters. The predicted molar refractivity (Wildman–Crippen MR) is 124 cm³/mol. The number of ketones is 4. The van der Waals surface area contributed by atoms with E-state index in [1.807, 2.05) is 37.2 Å². The number of hydrogen-bond acceptors (Lipinski definition) is 8. The number of benzene rings is 1. The first kappa shape index (κ1) is 23.4. The lowest BCUT2D eigenvalue weighted by Gasteiger charge is -2.48. The van der Waals surface area contributed by atoms with Crippen LogP contribution in [-0.2, 0) is 25.6 Å². The van der Waals surface area contributed by atoms with E-state index in [2.05, 4.69) is 0 Å². The van der Waals surface area contributed by atoms with Crippen LogP contribution in [0.3, 0.4) is 0 Å². The van der Waals surface area contributed by atoms with Crippen molar-refractivity contribution in [1.29, 1.82) is 0 Å². The standard InChI is InChI=1S/C26H28N2O7/c1-28(2)16-10-14(11-5-3-4-6-11)21(30)19-15(16)8-12-7-13-9-17(29)20(25(27)34)24(33)26(13,35)23(32)18(12)22(19)31/h3,5,10-13,18,20,30,35H,4,6-9H2,1-2H3,(H2,27,34)/t11?,12-,13+,18?,20?,26+/m1/s1. The molecule has 0 bridgehead atoms. The molecule has 184 valence electrons. The highest BCUT2D eigenvalue weighted by Crippen LogP contribution is 2.52. The number of primary amides is 1. The molecule has 0 saturated heterocycles. The van der Waals surface area contributed by atoms with Crippen molar-refractivity contribution in [3.8, 4) is 5.75 Å². The summed E-state index contributed by atoms with van der Waals surface area (Å²) < 4.78 is 0. The van der Waals surface area contributed by atoms with Crippen LogP contribution in [0.1, 0.15) is 53.1 Å². The van der Waals surface area contributed by atoms with Crippen LogP contribution < -0.4 is 10.6 Å². The van der Waals surface area contributed by atoms with Gasteiger partial charge in [0.2, 0.25) is 5.91 Å².